The van der Waals surface area contributed by atoms with Gasteiger partial charge in [0.05, 0.1) is 11.9 Å². The lowest BCUT2D eigenvalue weighted by molar-refractivity contribution is -0.122. The van der Waals surface area contributed by atoms with Crippen molar-refractivity contribution >= 4 is 5.91 Å². The van der Waals surface area contributed by atoms with Crippen LogP contribution in [0.3, 0.4) is 0 Å². The number of aromatic nitrogens is 3. The third-order valence-corrected chi connectivity index (χ3v) is 4.09. The molecule has 3 rings (SSSR count). The maximum Gasteiger partial charge on any atom is 0.241 e. The van der Waals surface area contributed by atoms with Crippen LogP contribution >= 0.6 is 0 Å². The highest BCUT2D eigenvalue weighted by Crippen LogP contribution is 2.48. The molecule has 0 bridgehead atoms. The standard InChI is InChI=1S/C13H21N5O/c14-5-11-7-18(17-16-11)8-13(19)15-6-12(9-1-2-9)10-3-4-10/h7,9-10,12H,1-6,8,14H2,(H,15,19). The Balaban J connectivity index is 1.45. The molecule has 0 unspecified atom stereocenters. The number of carbonyl (C=O) groups is 1. The number of amides is 1. The van der Waals surface area contributed by atoms with Crippen molar-refractivity contribution in [2.24, 2.45) is 23.5 Å². The Morgan fingerprint density at radius 1 is 1.42 bits per heavy atom. The fraction of sp³-hybridized carbons (Fsp3) is 0.769. The van der Waals surface area contributed by atoms with Gasteiger partial charge in [0, 0.05) is 13.1 Å². The number of carbonyl (C=O) groups excluding carboxylic acids is 1. The van der Waals surface area contributed by atoms with Crippen LogP contribution in [0.4, 0.5) is 0 Å². The molecule has 0 radical (unpaired) electrons. The van der Waals surface area contributed by atoms with Gasteiger partial charge in [-0.15, -0.1) is 5.10 Å². The summed E-state index contributed by atoms with van der Waals surface area (Å²) in [6, 6.07) is 0. The Morgan fingerprint density at radius 3 is 2.63 bits per heavy atom. The van der Waals surface area contributed by atoms with Crippen LogP contribution < -0.4 is 11.1 Å². The zero-order valence-corrected chi connectivity index (χ0v) is 11.1. The molecule has 0 spiro atoms. The van der Waals surface area contributed by atoms with Crippen LogP contribution in [0.15, 0.2) is 6.20 Å². The van der Waals surface area contributed by atoms with Crippen LogP contribution in [0.25, 0.3) is 0 Å². The van der Waals surface area contributed by atoms with E-state index in [-0.39, 0.29) is 12.5 Å². The molecule has 0 atom stereocenters. The fourth-order valence-electron chi connectivity index (χ4n) is 2.71. The number of rotatable bonds is 7. The lowest BCUT2D eigenvalue weighted by Crippen LogP contribution is -2.33. The Bertz CT molecular complexity index is 438. The normalized spacial score (nSPS) is 18.8. The molecule has 1 aromatic heterocycles. The Morgan fingerprint density at radius 2 is 2.11 bits per heavy atom. The molecular formula is C13H21N5O. The predicted octanol–water partition coefficient (Wildman–Crippen LogP) is 0.289. The van der Waals surface area contributed by atoms with E-state index in [2.05, 4.69) is 15.6 Å². The highest BCUT2D eigenvalue weighted by Gasteiger charge is 2.41. The molecule has 104 valence electrons. The van der Waals surface area contributed by atoms with Gasteiger partial charge in [-0.05, 0) is 43.4 Å². The lowest BCUT2D eigenvalue weighted by atomic mass is 9.98. The Kier molecular flexibility index (Phi) is 3.50. The van der Waals surface area contributed by atoms with Crippen molar-refractivity contribution in [2.75, 3.05) is 6.54 Å². The van der Waals surface area contributed by atoms with Gasteiger partial charge in [0.15, 0.2) is 0 Å². The number of nitrogens with two attached hydrogens (primary N) is 1. The smallest absolute Gasteiger partial charge is 0.241 e. The minimum absolute atomic E-state index is 0.0137. The van der Waals surface area contributed by atoms with E-state index in [1.807, 2.05) is 0 Å². The van der Waals surface area contributed by atoms with Crippen LogP contribution in [0.5, 0.6) is 0 Å². The molecule has 6 nitrogen and oxygen atoms in total. The first kappa shape index (κ1) is 12.6. The first-order chi connectivity index (χ1) is 9.26. The summed E-state index contributed by atoms with van der Waals surface area (Å²) in [6.07, 6.45) is 7.11. The van der Waals surface area contributed by atoms with Gasteiger partial charge in [0.1, 0.15) is 6.54 Å². The number of hydrogen-bond acceptors (Lipinski definition) is 4. The van der Waals surface area contributed by atoms with Crippen LogP contribution in [0.1, 0.15) is 31.4 Å². The van der Waals surface area contributed by atoms with E-state index in [9.17, 15) is 4.79 Å². The summed E-state index contributed by atoms with van der Waals surface area (Å²) in [5.41, 5.74) is 6.17. The van der Waals surface area contributed by atoms with Crippen LogP contribution in [0, 0.1) is 17.8 Å². The van der Waals surface area contributed by atoms with Gasteiger partial charge in [-0.3, -0.25) is 4.79 Å². The number of nitrogens with zero attached hydrogens (tertiary/aromatic N) is 3. The molecule has 2 fully saturated rings. The van der Waals surface area contributed by atoms with Gasteiger partial charge in [-0.25, -0.2) is 4.68 Å². The van der Waals surface area contributed by atoms with Crippen molar-refractivity contribution in [1.82, 2.24) is 20.3 Å². The highest BCUT2D eigenvalue weighted by molar-refractivity contribution is 5.75. The topological polar surface area (TPSA) is 85.8 Å². The van der Waals surface area contributed by atoms with Crippen molar-refractivity contribution in [3.63, 3.8) is 0 Å². The molecule has 1 heterocycles. The quantitative estimate of drug-likeness (QED) is 0.740. The third kappa shape index (κ3) is 3.32. The van der Waals surface area contributed by atoms with Crippen LogP contribution in [-0.2, 0) is 17.9 Å². The molecule has 2 aliphatic rings. The first-order valence-corrected chi connectivity index (χ1v) is 7.12. The third-order valence-electron chi connectivity index (χ3n) is 4.09. The summed E-state index contributed by atoms with van der Waals surface area (Å²) < 4.78 is 1.54. The second-order valence-corrected chi connectivity index (χ2v) is 5.75. The summed E-state index contributed by atoms with van der Waals surface area (Å²) in [5.74, 6) is 2.45. The second-order valence-electron chi connectivity index (χ2n) is 5.75. The minimum Gasteiger partial charge on any atom is -0.354 e. The molecule has 2 saturated carbocycles. The van der Waals surface area contributed by atoms with E-state index in [0.717, 1.165) is 18.4 Å². The van der Waals surface area contributed by atoms with Crippen LogP contribution in [0.2, 0.25) is 0 Å². The molecule has 2 aliphatic carbocycles. The molecule has 19 heavy (non-hydrogen) atoms. The SMILES string of the molecule is NCc1cn(CC(=O)NCC(C2CC2)C2CC2)nn1. The van der Waals surface area contributed by atoms with E-state index >= 15 is 0 Å². The number of hydrogen-bond donors (Lipinski definition) is 2. The average molecular weight is 263 g/mol. The zero-order valence-electron chi connectivity index (χ0n) is 11.1. The van der Waals surface area contributed by atoms with Crippen molar-refractivity contribution in [1.29, 1.82) is 0 Å². The molecule has 3 N–H and O–H groups in total. The fourth-order valence-corrected chi connectivity index (χ4v) is 2.71. The zero-order chi connectivity index (χ0) is 13.2. The summed E-state index contributed by atoms with van der Waals surface area (Å²) in [5, 5.41) is 10.8. The summed E-state index contributed by atoms with van der Waals surface area (Å²) in [7, 11) is 0. The van der Waals surface area contributed by atoms with Gasteiger partial charge < -0.3 is 11.1 Å². The largest absolute Gasteiger partial charge is 0.354 e. The summed E-state index contributed by atoms with van der Waals surface area (Å²) in [4.78, 5) is 11.9. The van der Waals surface area contributed by atoms with E-state index in [1.54, 1.807) is 10.9 Å². The van der Waals surface area contributed by atoms with Crippen molar-refractivity contribution in [3.8, 4) is 0 Å². The van der Waals surface area contributed by atoms with Crippen LogP contribution in [-0.4, -0.2) is 27.4 Å². The molecule has 1 amide bonds. The van der Waals surface area contributed by atoms with Crippen molar-refractivity contribution in [2.45, 2.75) is 38.8 Å². The maximum absolute atomic E-state index is 11.9. The molecule has 6 heteroatoms. The van der Waals surface area contributed by atoms with E-state index < -0.39 is 0 Å². The highest BCUT2D eigenvalue weighted by atomic mass is 16.2. The first-order valence-electron chi connectivity index (χ1n) is 7.12. The molecule has 0 saturated heterocycles. The second kappa shape index (κ2) is 5.28. The summed E-state index contributed by atoms with van der Waals surface area (Å²) >= 11 is 0. The minimum atomic E-state index is 0.0137. The van der Waals surface area contributed by atoms with Gasteiger partial charge >= 0.3 is 0 Å². The monoisotopic (exact) mass is 263 g/mol. The molecule has 0 aliphatic heterocycles. The van der Waals surface area contributed by atoms with E-state index in [4.69, 9.17) is 5.73 Å². The van der Waals surface area contributed by atoms with E-state index in [1.165, 1.54) is 25.7 Å². The maximum atomic E-state index is 11.9. The average Bonchev–Trinajstić information content (AvgIpc) is 3.31. The lowest BCUT2D eigenvalue weighted by Gasteiger charge is -2.16. The number of nitrogens with one attached hydrogen (secondary N) is 1. The van der Waals surface area contributed by atoms with Gasteiger partial charge in [0.2, 0.25) is 5.91 Å². The van der Waals surface area contributed by atoms with Crippen molar-refractivity contribution in [3.05, 3.63) is 11.9 Å². The molecule has 1 aromatic rings. The predicted molar refractivity (Wildman–Crippen MR) is 69.9 cm³/mol. The summed E-state index contributed by atoms with van der Waals surface area (Å²) in [6.45, 7) is 1.41. The Labute approximate surface area is 112 Å². The molecule has 0 aromatic carbocycles. The Hall–Kier alpha value is -1.43. The van der Waals surface area contributed by atoms with Gasteiger partial charge in [-0.2, -0.15) is 0 Å². The van der Waals surface area contributed by atoms with E-state index in [0.29, 0.717) is 18.2 Å². The van der Waals surface area contributed by atoms with Gasteiger partial charge in [0.25, 0.3) is 0 Å². The molecular weight excluding hydrogens is 242 g/mol. The van der Waals surface area contributed by atoms with Crippen molar-refractivity contribution < 1.29 is 4.79 Å². The van der Waals surface area contributed by atoms with Gasteiger partial charge in [-0.1, -0.05) is 5.21 Å².